The number of hydrogen-bond acceptors (Lipinski definition) is 4. The molecule has 0 radical (unpaired) electrons. The van der Waals surface area contributed by atoms with Gasteiger partial charge in [-0.2, -0.15) is 0 Å². The molecule has 1 rings (SSSR count). The van der Waals surface area contributed by atoms with E-state index in [0.29, 0.717) is 38.7 Å². The number of benzene rings is 1. The molecule has 130 valence electrons. The van der Waals surface area contributed by atoms with Gasteiger partial charge in [0.25, 0.3) is 0 Å². The molecule has 2 N–H and O–H groups in total. The summed E-state index contributed by atoms with van der Waals surface area (Å²) in [6.45, 7) is 7.04. The van der Waals surface area contributed by atoms with Gasteiger partial charge in [-0.05, 0) is 44.4 Å². The van der Waals surface area contributed by atoms with Crippen molar-refractivity contribution in [1.29, 1.82) is 0 Å². The third kappa shape index (κ3) is 7.74. The zero-order valence-electron chi connectivity index (χ0n) is 14.3. The highest BCUT2D eigenvalue weighted by molar-refractivity contribution is 5.73. The maximum absolute atomic E-state index is 11.6. The molecule has 0 spiro atoms. The van der Waals surface area contributed by atoms with E-state index >= 15 is 0 Å². The van der Waals surface area contributed by atoms with E-state index in [0.717, 1.165) is 24.2 Å². The summed E-state index contributed by atoms with van der Waals surface area (Å²) in [5, 5.41) is 5.64. The molecule has 0 aliphatic rings. The summed E-state index contributed by atoms with van der Waals surface area (Å²) in [6.07, 6.45) is 1.55. The minimum atomic E-state index is -0.153. The summed E-state index contributed by atoms with van der Waals surface area (Å²) in [6, 6.07) is 5.66. The maximum atomic E-state index is 11.6. The van der Waals surface area contributed by atoms with E-state index in [9.17, 15) is 4.79 Å². The molecular weight excluding hydrogens is 296 g/mol. The molecule has 2 amide bonds. The Morgan fingerprint density at radius 1 is 1.09 bits per heavy atom. The Hall–Kier alpha value is -1.95. The van der Waals surface area contributed by atoms with Gasteiger partial charge in [-0.3, -0.25) is 0 Å². The predicted octanol–water partition coefficient (Wildman–Crippen LogP) is 2.36. The minimum Gasteiger partial charge on any atom is -0.493 e. The van der Waals surface area contributed by atoms with Crippen molar-refractivity contribution in [2.45, 2.75) is 26.7 Å². The summed E-state index contributed by atoms with van der Waals surface area (Å²) in [5.74, 6) is 1.45. The van der Waals surface area contributed by atoms with Crippen LogP contribution in [-0.4, -0.2) is 46.1 Å². The quantitative estimate of drug-likeness (QED) is 0.613. The van der Waals surface area contributed by atoms with Crippen molar-refractivity contribution in [3.63, 3.8) is 0 Å². The van der Waals surface area contributed by atoms with Crippen LogP contribution in [0.1, 0.15) is 25.8 Å². The highest BCUT2D eigenvalue weighted by atomic mass is 16.5. The summed E-state index contributed by atoms with van der Waals surface area (Å²) < 4.78 is 16.0. The van der Waals surface area contributed by atoms with Crippen molar-refractivity contribution in [2.24, 2.45) is 0 Å². The number of carbonyl (C=O) groups excluding carboxylic acids is 1. The van der Waals surface area contributed by atoms with Crippen LogP contribution in [0.5, 0.6) is 11.5 Å². The van der Waals surface area contributed by atoms with Crippen molar-refractivity contribution in [3.8, 4) is 11.5 Å². The van der Waals surface area contributed by atoms with Crippen molar-refractivity contribution >= 4 is 6.03 Å². The van der Waals surface area contributed by atoms with Gasteiger partial charge in [-0.1, -0.05) is 6.07 Å². The SMILES string of the molecule is CCOCCCNC(=O)NCCc1ccc(OCC)c(OC)c1. The lowest BCUT2D eigenvalue weighted by atomic mass is 10.1. The van der Waals surface area contributed by atoms with Crippen molar-refractivity contribution < 1.29 is 19.0 Å². The average Bonchev–Trinajstić information content (AvgIpc) is 2.56. The van der Waals surface area contributed by atoms with Crippen LogP contribution in [0.4, 0.5) is 4.79 Å². The van der Waals surface area contributed by atoms with Gasteiger partial charge in [0.2, 0.25) is 0 Å². The van der Waals surface area contributed by atoms with E-state index in [4.69, 9.17) is 14.2 Å². The molecule has 0 atom stereocenters. The monoisotopic (exact) mass is 324 g/mol. The average molecular weight is 324 g/mol. The Bertz CT molecular complexity index is 466. The number of rotatable bonds is 11. The number of nitrogens with one attached hydrogen (secondary N) is 2. The molecule has 0 bridgehead atoms. The van der Waals surface area contributed by atoms with Crippen molar-refractivity contribution in [3.05, 3.63) is 23.8 Å². The molecule has 0 saturated carbocycles. The van der Waals surface area contributed by atoms with Gasteiger partial charge < -0.3 is 24.8 Å². The smallest absolute Gasteiger partial charge is 0.314 e. The second kappa shape index (κ2) is 11.6. The first-order chi connectivity index (χ1) is 11.2. The lowest BCUT2D eigenvalue weighted by Gasteiger charge is -2.11. The molecule has 0 aromatic heterocycles. The fourth-order valence-electron chi connectivity index (χ4n) is 2.05. The van der Waals surface area contributed by atoms with E-state index in [1.165, 1.54) is 0 Å². The number of hydrogen-bond donors (Lipinski definition) is 2. The first-order valence-electron chi connectivity index (χ1n) is 8.10. The fraction of sp³-hybridized carbons (Fsp3) is 0.588. The van der Waals surface area contributed by atoms with Crippen LogP contribution in [0.25, 0.3) is 0 Å². The Morgan fingerprint density at radius 3 is 2.57 bits per heavy atom. The third-order valence-corrected chi connectivity index (χ3v) is 3.18. The fourth-order valence-corrected chi connectivity index (χ4v) is 2.05. The second-order valence-electron chi connectivity index (χ2n) is 4.90. The molecule has 1 aromatic carbocycles. The summed E-state index contributed by atoms with van der Waals surface area (Å²) in [4.78, 5) is 11.6. The number of carbonyl (C=O) groups is 1. The van der Waals surface area contributed by atoms with Crippen LogP contribution in [-0.2, 0) is 11.2 Å². The molecule has 0 fully saturated rings. The van der Waals surface area contributed by atoms with E-state index in [2.05, 4.69) is 10.6 Å². The molecule has 0 heterocycles. The molecule has 23 heavy (non-hydrogen) atoms. The predicted molar refractivity (Wildman–Crippen MR) is 90.4 cm³/mol. The molecule has 0 aliphatic carbocycles. The summed E-state index contributed by atoms with van der Waals surface area (Å²) in [5.41, 5.74) is 1.09. The van der Waals surface area contributed by atoms with Gasteiger partial charge in [0, 0.05) is 26.3 Å². The van der Waals surface area contributed by atoms with Gasteiger partial charge in [0.15, 0.2) is 11.5 Å². The molecule has 1 aromatic rings. The van der Waals surface area contributed by atoms with Crippen LogP contribution in [0.15, 0.2) is 18.2 Å². The van der Waals surface area contributed by atoms with E-state index < -0.39 is 0 Å². The Balaban J connectivity index is 2.28. The standard InChI is InChI=1S/C17H28N2O4/c1-4-22-12-6-10-18-17(20)19-11-9-14-7-8-15(23-5-2)16(13-14)21-3/h7-8,13H,4-6,9-12H2,1-3H3,(H2,18,19,20). The maximum Gasteiger partial charge on any atom is 0.314 e. The first kappa shape index (κ1) is 19.1. The zero-order valence-corrected chi connectivity index (χ0v) is 14.3. The van der Waals surface area contributed by atoms with Gasteiger partial charge >= 0.3 is 6.03 Å². The number of urea groups is 1. The lowest BCUT2D eigenvalue weighted by Crippen LogP contribution is -2.37. The summed E-state index contributed by atoms with van der Waals surface area (Å²) in [7, 11) is 1.62. The first-order valence-corrected chi connectivity index (χ1v) is 8.10. The normalized spacial score (nSPS) is 10.2. The topological polar surface area (TPSA) is 68.8 Å². The highest BCUT2D eigenvalue weighted by Gasteiger charge is 2.06. The van der Waals surface area contributed by atoms with E-state index in [1.54, 1.807) is 7.11 Å². The van der Waals surface area contributed by atoms with Crippen molar-refractivity contribution in [2.75, 3.05) is 40.0 Å². The highest BCUT2D eigenvalue weighted by Crippen LogP contribution is 2.28. The van der Waals surface area contributed by atoms with Crippen molar-refractivity contribution in [1.82, 2.24) is 10.6 Å². The molecule has 0 aliphatic heterocycles. The largest absolute Gasteiger partial charge is 0.493 e. The number of amides is 2. The Kier molecular flexibility index (Phi) is 9.63. The summed E-state index contributed by atoms with van der Waals surface area (Å²) >= 11 is 0. The van der Waals surface area contributed by atoms with Gasteiger partial charge in [0.1, 0.15) is 0 Å². The van der Waals surface area contributed by atoms with Gasteiger partial charge in [0.05, 0.1) is 13.7 Å². The lowest BCUT2D eigenvalue weighted by molar-refractivity contribution is 0.145. The molecule has 6 nitrogen and oxygen atoms in total. The van der Waals surface area contributed by atoms with Gasteiger partial charge in [-0.15, -0.1) is 0 Å². The molecule has 0 unspecified atom stereocenters. The molecule has 6 heteroatoms. The molecular formula is C17H28N2O4. The van der Waals surface area contributed by atoms with Crippen LogP contribution >= 0.6 is 0 Å². The number of ether oxygens (including phenoxy) is 3. The van der Waals surface area contributed by atoms with Crippen LogP contribution < -0.4 is 20.1 Å². The third-order valence-electron chi connectivity index (χ3n) is 3.18. The van der Waals surface area contributed by atoms with Crippen LogP contribution in [0.3, 0.4) is 0 Å². The van der Waals surface area contributed by atoms with E-state index in [1.807, 2.05) is 32.0 Å². The second-order valence-corrected chi connectivity index (χ2v) is 4.90. The number of methoxy groups -OCH3 is 1. The Morgan fingerprint density at radius 2 is 1.87 bits per heavy atom. The zero-order chi connectivity index (χ0) is 16.9. The minimum absolute atomic E-state index is 0.153. The van der Waals surface area contributed by atoms with E-state index in [-0.39, 0.29) is 6.03 Å². The van der Waals surface area contributed by atoms with Crippen LogP contribution in [0, 0.1) is 0 Å². The Labute approximate surface area is 138 Å². The van der Waals surface area contributed by atoms with Gasteiger partial charge in [-0.25, -0.2) is 4.79 Å². The van der Waals surface area contributed by atoms with Crippen LogP contribution in [0.2, 0.25) is 0 Å². The molecule has 0 saturated heterocycles.